The zero-order valence-electron chi connectivity index (χ0n) is 14.3. The average molecular weight is 390 g/mol. The summed E-state index contributed by atoms with van der Waals surface area (Å²) in [6.45, 7) is 3.41. The first-order valence-corrected chi connectivity index (χ1v) is 9.32. The summed E-state index contributed by atoms with van der Waals surface area (Å²) in [4.78, 5) is 0. The standard InChI is InChI=1S/C20H24BrNO2/c1-3-24-19-12-14(11-17(21)20(19)23-2)13-22-18-10-6-8-15-7-4-5-9-16(15)18/h4-5,7,9,11-12,18,22H,3,6,8,10,13H2,1-2H3/t18-/m1/s1. The van der Waals surface area contributed by atoms with Crippen molar-refractivity contribution in [1.29, 1.82) is 0 Å². The SMILES string of the molecule is CCOc1cc(CN[C@@H]2CCCc3ccccc32)cc(Br)c1OC. The second-order valence-corrected chi connectivity index (χ2v) is 6.92. The van der Waals surface area contributed by atoms with Crippen LogP contribution < -0.4 is 14.8 Å². The van der Waals surface area contributed by atoms with Gasteiger partial charge >= 0.3 is 0 Å². The van der Waals surface area contributed by atoms with E-state index in [0.717, 1.165) is 22.5 Å². The van der Waals surface area contributed by atoms with Crippen molar-refractivity contribution in [1.82, 2.24) is 5.32 Å². The molecule has 2 aromatic rings. The predicted octanol–water partition coefficient (Wildman–Crippen LogP) is 5.02. The molecule has 0 spiro atoms. The summed E-state index contributed by atoms with van der Waals surface area (Å²) in [6.07, 6.45) is 3.62. The second kappa shape index (κ2) is 8.04. The van der Waals surface area contributed by atoms with Crippen molar-refractivity contribution in [2.75, 3.05) is 13.7 Å². The minimum Gasteiger partial charge on any atom is -0.492 e. The van der Waals surface area contributed by atoms with E-state index in [4.69, 9.17) is 9.47 Å². The molecular weight excluding hydrogens is 366 g/mol. The number of hydrogen-bond acceptors (Lipinski definition) is 3. The van der Waals surface area contributed by atoms with Gasteiger partial charge in [0.05, 0.1) is 18.2 Å². The zero-order valence-corrected chi connectivity index (χ0v) is 15.9. The lowest BCUT2D eigenvalue weighted by atomic mass is 9.87. The molecule has 1 N–H and O–H groups in total. The summed E-state index contributed by atoms with van der Waals surface area (Å²) < 4.78 is 12.1. The molecule has 24 heavy (non-hydrogen) atoms. The number of hydrogen-bond donors (Lipinski definition) is 1. The molecule has 3 nitrogen and oxygen atoms in total. The van der Waals surface area contributed by atoms with Gasteiger partial charge < -0.3 is 14.8 Å². The highest BCUT2D eigenvalue weighted by atomic mass is 79.9. The van der Waals surface area contributed by atoms with Crippen LogP contribution in [0.2, 0.25) is 0 Å². The number of nitrogens with one attached hydrogen (secondary N) is 1. The van der Waals surface area contributed by atoms with E-state index >= 15 is 0 Å². The fourth-order valence-corrected chi connectivity index (χ4v) is 4.04. The molecule has 0 amide bonds. The molecule has 0 unspecified atom stereocenters. The van der Waals surface area contributed by atoms with Gasteiger partial charge in [-0.1, -0.05) is 24.3 Å². The molecule has 4 heteroatoms. The Morgan fingerprint density at radius 3 is 2.88 bits per heavy atom. The first kappa shape index (κ1) is 17.3. The molecule has 128 valence electrons. The van der Waals surface area contributed by atoms with E-state index in [1.54, 1.807) is 7.11 Å². The van der Waals surface area contributed by atoms with E-state index in [0.29, 0.717) is 12.6 Å². The Balaban J connectivity index is 1.76. The molecule has 1 aliphatic carbocycles. The second-order valence-electron chi connectivity index (χ2n) is 6.07. The van der Waals surface area contributed by atoms with E-state index < -0.39 is 0 Å². The van der Waals surface area contributed by atoms with Crippen LogP contribution in [-0.2, 0) is 13.0 Å². The molecule has 0 aliphatic heterocycles. The maximum Gasteiger partial charge on any atom is 0.174 e. The van der Waals surface area contributed by atoms with Crippen LogP contribution in [0.25, 0.3) is 0 Å². The average Bonchev–Trinajstić information content (AvgIpc) is 2.60. The van der Waals surface area contributed by atoms with Gasteiger partial charge in [-0.2, -0.15) is 0 Å². The van der Waals surface area contributed by atoms with Crippen molar-refractivity contribution in [2.24, 2.45) is 0 Å². The molecule has 0 fully saturated rings. The Labute approximate surface area is 152 Å². The van der Waals surface area contributed by atoms with Gasteiger partial charge in [-0.3, -0.25) is 0 Å². The van der Waals surface area contributed by atoms with Gasteiger partial charge in [0, 0.05) is 12.6 Å². The molecule has 0 heterocycles. The molecule has 0 saturated heterocycles. The molecule has 3 rings (SSSR count). The van der Waals surface area contributed by atoms with Crippen LogP contribution in [0.15, 0.2) is 40.9 Å². The number of halogens is 1. The third-order valence-electron chi connectivity index (χ3n) is 4.50. The predicted molar refractivity (Wildman–Crippen MR) is 101 cm³/mol. The highest BCUT2D eigenvalue weighted by Crippen LogP contribution is 2.37. The lowest BCUT2D eigenvalue weighted by Crippen LogP contribution is -2.24. The third kappa shape index (κ3) is 3.76. The maximum absolute atomic E-state index is 5.71. The molecule has 1 atom stereocenters. The first-order valence-electron chi connectivity index (χ1n) is 8.53. The summed E-state index contributed by atoms with van der Waals surface area (Å²) in [7, 11) is 1.67. The molecule has 0 bridgehead atoms. The monoisotopic (exact) mass is 389 g/mol. The largest absolute Gasteiger partial charge is 0.492 e. The first-order chi connectivity index (χ1) is 11.7. The van der Waals surface area contributed by atoms with Crippen LogP contribution in [0, 0.1) is 0 Å². The van der Waals surface area contributed by atoms with Crippen LogP contribution in [0.5, 0.6) is 11.5 Å². The van der Waals surface area contributed by atoms with Crippen molar-refractivity contribution in [3.63, 3.8) is 0 Å². The molecule has 1 aliphatic rings. The minimum absolute atomic E-state index is 0.423. The Bertz CT molecular complexity index is 702. The highest BCUT2D eigenvalue weighted by molar-refractivity contribution is 9.10. The number of rotatable bonds is 6. The number of ether oxygens (including phenoxy) is 2. The Hall–Kier alpha value is -1.52. The summed E-state index contributed by atoms with van der Waals surface area (Å²) in [5, 5.41) is 3.71. The Morgan fingerprint density at radius 1 is 1.25 bits per heavy atom. The number of fused-ring (bicyclic) bond motifs is 1. The normalized spacial score (nSPS) is 16.5. The van der Waals surface area contributed by atoms with Crippen LogP contribution in [0.4, 0.5) is 0 Å². The summed E-state index contributed by atoms with van der Waals surface area (Å²) in [5.74, 6) is 1.54. The topological polar surface area (TPSA) is 30.5 Å². The fourth-order valence-electron chi connectivity index (χ4n) is 3.39. The lowest BCUT2D eigenvalue weighted by molar-refractivity contribution is 0.309. The summed E-state index contributed by atoms with van der Waals surface area (Å²) >= 11 is 3.59. The van der Waals surface area contributed by atoms with Crippen molar-refractivity contribution < 1.29 is 9.47 Å². The van der Waals surface area contributed by atoms with Crippen LogP contribution in [0.3, 0.4) is 0 Å². The molecule has 0 radical (unpaired) electrons. The van der Waals surface area contributed by atoms with E-state index in [9.17, 15) is 0 Å². The van der Waals surface area contributed by atoms with Gasteiger partial charge in [-0.25, -0.2) is 0 Å². The Morgan fingerprint density at radius 2 is 2.08 bits per heavy atom. The maximum atomic E-state index is 5.71. The van der Waals surface area contributed by atoms with Gasteiger partial charge in [0.15, 0.2) is 11.5 Å². The van der Waals surface area contributed by atoms with Crippen molar-refractivity contribution in [3.8, 4) is 11.5 Å². The molecule has 0 saturated carbocycles. The van der Waals surface area contributed by atoms with Gasteiger partial charge in [-0.15, -0.1) is 0 Å². The smallest absolute Gasteiger partial charge is 0.174 e. The highest BCUT2D eigenvalue weighted by Gasteiger charge is 2.19. The van der Waals surface area contributed by atoms with Gasteiger partial charge in [0.2, 0.25) is 0 Å². The third-order valence-corrected chi connectivity index (χ3v) is 5.08. The number of benzene rings is 2. The van der Waals surface area contributed by atoms with Gasteiger partial charge in [0.25, 0.3) is 0 Å². The van der Waals surface area contributed by atoms with Gasteiger partial charge in [-0.05, 0) is 70.9 Å². The molecular formula is C20H24BrNO2. The summed E-state index contributed by atoms with van der Waals surface area (Å²) in [6, 6.07) is 13.4. The van der Waals surface area contributed by atoms with Crippen molar-refractivity contribution in [2.45, 2.75) is 38.8 Å². The van der Waals surface area contributed by atoms with E-state index in [1.165, 1.54) is 36.0 Å². The molecule has 2 aromatic carbocycles. The minimum atomic E-state index is 0.423. The van der Waals surface area contributed by atoms with Crippen LogP contribution >= 0.6 is 15.9 Å². The van der Waals surface area contributed by atoms with E-state index in [-0.39, 0.29) is 0 Å². The number of aryl methyl sites for hydroxylation is 1. The summed E-state index contributed by atoms with van der Waals surface area (Å²) in [5.41, 5.74) is 4.11. The quantitative estimate of drug-likeness (QED) is 0.751. The van der Waals surface area contributed by atoms with Crippen LogP contribution in [-0.4, -0.2) is 13.7 Å². The lowest BCUT2D eigenvalue weighted by Gasteiger charge is -2.26. The van der Waals surface area contributed by atoms with Crippen molar-refractivity contribution in [3.05, 3.63) is 57.6 Å². The fraction of sp³-hybridized carbons (Fsp3) is 0.400. The molecule has 0 aromatic heterocycles. The Kier molecular flexibility index (Phi) is 5.80. The van der Waals surface area contributed by atoms with Crippen LogP contribution in [0.1, 0.15) is 42.5 Å². The van der Waals surface area contributed by atoms with Gasteiger partial charge in [0.1, 0.15) is 0 Å². The van der Waals surface area contributed by atoms with Crippen molar-refractivity contribution >= 4 is 15.9 Å². The zero-order chi connectivity index (χ0) is 16.9. The van der Waals surface area contributed by atoms with E-state index in [2.05, 4.69) is 57.6 Å². The van der Waals surface area contributed by atoms with E-state index in [1.807, 2.05) is 6.92 Å². The number of methoxy groups -OCH3 is 1.